The van der Waals surface area contributed by atoms with E-state index in [1.807, 2.05) is 18.2 Å². The summed E-state index contributed by atoms with van der Waals surface area (Å²) in [5.41, 5.74) is 11.1. The van der Waals surface area contributed by atoms with Gasteiger partial charge in [-0.25, -0.2) is 4.98 Å². The molecule has 4 nitrogen and oxygen atoms in total. The maximum absolute atomic E-state index is 6.38. The third kappa shape index (κ3) is 3.91. The molecule has 0 radical (unpaired) electrons. The van der Waals surface area contributed by atoms with Gasteiger partial charge in [0, 0.05) is 6.54 Å². The van der Waals surface area contributed by atoms with E-state index in [0.29, 0.717) is 0 Å². The van der Waals surface area contributed by atoms with Crippen molar-refractivity contribution in [2.75, 3.05) is 13.1 Å². The number of nitrogens with one attached hydrogen (secondary N) is 1. The SMILES string of the molecule is NC(Cc1ccccc1)c1nc2ccc(CN3CCCCC3)cc2[nH]1. The summed E-state index contributed by atoms with van der Waals surface area (Å²) in [6.45, 7) is 3.46. The topological polar surface area (TPSA) is 57.9 Å². The molecule has 1 atom stereocenters. The largest absolute Gasteiger partial charge is 0.341 e. The smallest absolute Gasteiger partial charge is 0.124 e. The summed E-state index contributed by atoms with van der Waals surface area (Å²) in [7, 11) is 0. The molecular weight excluding hydrogens is 308 g/mol. The van der Waals surface area contributed by atoms with Crippen molar-refractivity contribution in [1.82, 2.24) is 14.9 Å². The fraction of sp³-hybridized carbons (Fsp3) is 0.381. The van der Waals surface area contributed by atoms with Crippen LogP contribution in [-0.4, -0.2) is 28.0 Å². The quantitative estimate of drug-likeness (QED) is 0.746. The molecular formula is C21H26N4. The van der Waals surface area contributed by atoms with Crippen molar-refractivity contribution in [3.63, 3.8) is 0 Å². The highest BCUT2D eigenvalue weighted by molar-refractivity contribution is 5.76. The molecule has 130 valence electrons. The monoisotopic (exact) mass is 334 g/mol. The molecule has 4 heteroatoms. The number of fused-ring (bicyclic) bond motifs is 1. The molecule has 1 aromatic heterocycles. The van der Waals surface area contributed by atoms with Crippen molar-refractivity contribution in [2.45, 2.75) is 38.3 Å². The van der Waals surface area contributed by atoms with Gasteiger partial charge >= 0.3 is 0 Å². The van der Waals surface area contributed by atoms with Gasteiger partial charge < -0.3 is 10.7 Å². The zero-order valence-electron chi connectivity index (χ0n) is 14.6. The predicted octanol–water partition coefficient (Wildman–Crippen LogP) is 3.79. The van der Waals surface area contributed by atoms with Crippen LogP contribution in [0.4, 0.5) is 0 Å². The van der Waals surface area contributed by atoms with Gasteiger partial charge in [0.25, 0.3) is 0 Å². The fourth-order valence-corrected chi connectivity index (χ4v) is 3.69. The van der Waals surface area contributed by atoms with Crippen LogP contribution in [0.15, 0.2) is 48.5 Å². The number of likely N-dealkylation sites (tertiary alicyclic amines) is 1. The highest BCUT2D eigenvalue weighted by Gasteiger charge is 2.14. The first-order valence-electron chi connectivity index (χ1n) is 9.28. The number of imidazole rings is 1. The number of aromatic amines is 1. The molecule has 0 aliphatic carbocycles. The second kappa shape index (κ2) is 7.38. The van der Waals surface area contributed by atoms with E-state index < -0.39 is 0 Å². The first-order valence-corrected chi connectivity index (χ1v) is 9.28. The van der Waals surface area contributed by atoms with Gasteiger partial charge in [0.2, 0.25) is 0 Å². The zero-order valence-corrected chi connectivity index (χ0v) is 14.6. The van der Waals surface area contributed by atoms with E-state index in [9.17, 15) is 0 Å². The number of rotatable bonds is 5. The third-order valence-electron chi connectivity index (χ3n) is 5.07. The van der Waals surface area contributed by atoms with E-state index >= 15 is 0 Å². The van der Waals surface area contributed by atoms with Crippen LogP contribution in [0, 0.1) is 0 Å². The van der Waals surface area contributed by atoms with E-state index in [-0.39, 0.29) is 6.04 Å². The molecule has 1 aliphatic rings. The Bertz CT molecular complexity index is 818. The van der Waals surface area contributed by atoms with Crippen LogP contribution in [-0.2, 0) is 13.0 Å². The Balaban J connectivity index is 1.49. The number of hydrogen-bond donors (Lipinski definition) is 2. The summed E-state index contributed by atoms with van der Waals surface area (Å²) >= 11 is 0. The highest BCUT2D eigenvalue weighted by atomic mass is 15.1. The summed E-state index contributed by atoms with van der Waals surface area (Å²) in [5, 5.41) is 0. The number of aromatic nitrogens is 2. The molecule has 1 unspecified atom stereocenters. The molecule has 1 saturated heterocycles. The first-order chi connectivity index (χ1) is 12.3. The second-order valence-corrected chi connectivity index (χ2v) is 7.11. The minimum Gasteiger partial charge on any atom is -0.341 e. The highest BCUT2D eigenvalue weighted by Crippen LogP contribution is 2.21. The molecule has 1 aliphatic heterocycles. The molecule has 0 spiro atoms. The first kappa shape index (κ1) is 16.3. The van der Waals surface area contributed by atoms with E-state index in [1.165, 1.54) is 43.5 Å². The zero-order chi connectivity index (χ0) is 17.1. The molecule has 0 amide bonds. The van der Waals surface area contributed by atoms with Crippen LogP contribution < -0.4 is 5.73 Å². The lowest BCUT2D eigenvalue weighted by atomic mass is 10.1. The number of piperidine rings is 1. The van der Waals surface area contributed by atoms with Crippen molar-refractivity contribution in [2.24, 2.45) is 5.73 Å². The van der Waals surface area contributed by atoms with Crippen LogP contribution in [0.2, 0.25) is 0 Å². The van der Waals surface area contributed by atoms with Crippen molar-refractivity contribution >= 4 is 11.0 Å². The number of hydrogen-bond acceptors (Lipinski definition) is 3. The molecule has 0 saturated carbocycles. The van der Waals surface area contributed by atoms with Crippen molar-refractivity contribution in [3.05, 3.63) is 65.5 Å². The summed E-state index contributed by atoms with van der Waals surface area (Å²) in [6.07, 6.45) is 4.82. The Morgan fingerprint density at radius 2 is 1.80 bits per heavy atom. The summed E-state index contributed by atoms with van der Waals surface area (Å²) in [6, 6.07) is 16.8. The standard InChI is InChI=1S/C21H26N4/c22-18(13-16-7-3-1-4-8-16)21-23-19-10-9-17(14-20(19)24-21)15-25-11-5-2-6-12-25/h1,3-4,7-10,14,18H,2,5-6,11-13,15,22H2,(H,23,24). The lowest BCUT2D eigenvalue weighted by molar-refractivity contribution is 0.221. The predicted molar refractivity (Wildman–Crippen MR) is 102 cm³/mol. The van der Waals surface area contributed by atoms with Crippen molar-refractivity contribution in [3.8, 4) is 0 Å². The van der Waals surface area contributed by atoms with Crippen LogP contribution in [0.3, 0.4) is 0 Å². The lowest BCUT2D eigenvalue weighted by Crippen LogP contribution is -2.29. The van der Waals surface area contributed by atoms with Gasteiger partial charge in [0.15, 0.2) is 0 Å². The average molecular weight is 334 g/mol. The molecule has 2 aromatic carbocycles. The molecule has 3 N–H and O–H groups in total. The van der Waals surface area contributed by atoms with Gasteiger partial charge in [-0.15, -0.1) is 0 Å². The van der Waals surface area contributed by atoms with Gasteiger partial charge in [-0.3, -0.25) is 4.90 Å². The molecule has 1 fully saturated rings. The van der Waals surface area contributed by atoms with Gasteiger partial charge in [0.05, 0.1) is 17.1 Å². The normalized spacial score (nSPS) is 17.0. The van der Waals surface area contributed by atoms with Crippen LogP contribution in [0.1, 0.15) is 42.3 Å². The van der Waals surface area contributed by atoms with Crippen LogP contribution in [0.5, 0.6) is 0 Å². The Labute approximate surface area is 149 Å². The fourth-order valence-electron chi connectivity index (χ4n) is 3.69. The van der Waals surface area contributed by atoms with E-state index in [1.54, 1.807) is 0 Å². The summed E-state index contributed by atoms with van der Waals surface area (Å²) in [5.74, 6) is 0.869. The maximum Gasteiger partial charge on any atom is 0.124 e. The molecule has 4 rings (SSSR count). The minimum atomic E-state index is -0.111. The number of nitrogens with two attached hydrogens (primary N) is 1. The van der Waals surface area contributed by atoms with Gasteiger partial charge in [-0.05, 0) is 55.6 Å². The summed E-state index contributed by atoms with van der Waals surface area (Å²) < 4.78 is 0. The van der Waals surface area contributed by atoms with Crippen LogP contribution in [0.25, 0.3) is 11.0 Å². The Morgan fingerprint density at radius 1 is 1.00 bits per heavy atom. The van der Waals surface area contributed by atoms with E-state index in [0.717, 1.165) is 29.8 Å². The number of benzene rings is 2. The Hall–Kier alpha value is -2.17. The van der Waals surface area contributed by atoms with E-state index in [2.05, 4.69) is 40.2 Å². The van der Waals surface area contributed by atoms with Crippen molar-refractivity contribution in [1.29, 1.82) is 0 Å². The minimum absolute atomic E-state index is 0.111. The molecule has 2 heterocycles. The molecule has 0 bridgehead atoms. The van der Waals surface area contributed by atoms with Gasteiger partial charge in [-0.1, -0.05) is 42.8 Å². The number of H-pyrrole nitrogens is 1. The Kier molecular flexibility index (Phi) is 4.81. The van der Waals surface area contributed by atoms with E-state index in [4.69, 9.17) is 10.7 Å². The maximum atomic E-state index is 6.38. The average Bonchev–Trinajstić information content (AvgIpc) is 3.07. The third-order valence-corrected chi connectivity index (χ3v) is 5.07. The molecule has 25 heavy (non-hydrogen) atoms. The lowest BCUT2D eigenvalue weighted by Gasteiger charge is -2.26. The Morgan fingerprint density at radius 3 is 2.60 bits per heavy atom. The molecule has 3 aromatic rings. The van der Waals surface area contributed by atoms with Gasteiger partial charge in [-0.2, -0.15) is 0 Å². The summed E-state index contributed by atoms with van der Waals surface area (Å²) in [4.78, 5) is 10.7. The number of nitrogens with zero attached hydrogens (tertiary/aromatic N) is 2. The second-order valence-electron chi connectivity index (χ2n) is 7.11. The van der Waals surface area contributed by atoms with Crippen LogP contribution >= 0.6 is 0 Å². The van der Waals surface area contributed by atoms with Gasteiger partial charge in [0.1, 0.15) is 5.82 Å². The van der Waals surface area contributed by atoms with Crippen molar-refractivity contribution < 1.29 is 0 Å².